The SMILES string of the molecule is CC(C)Cc1ccc(C(=O)Nc2nn(C)c3c2CCNC3)s1. The van der Waals surface area contributed by atoms with Crippen LogP contribution in [0.5, 0.6) is 0 Å². The van der Waals surface area contributed by atoms with Crippen LogP contribution in [-0.2, 0) is 26.4 Å². The first-order valence-corrected chi connectivity index (χ1v) is 8.51. The Morgan fingerprint density at radius 1 is 1.50 bits per heavy atom. The van der Waals surface area contributed by atoms with Gasteiger partial charge in [0.15, 0.2) is 5.82 Å². The monoisotopic (exact) mass is 318 g/mol. The molecule has 0 aliphatic carbocycles. The largest absolute Gasteiger partial charge is 0.311 e. The van der Waals surface area contributed by atoms with Crippen molar-refractivity contribution in [1.82, 2.24) is 15.1 Å². The van der Waals surface area contributed by atoms with Crippen LogP contribution in [0.2, 0.25) is 0 Å². The molecule has 2 aromatic heterocycles. The van der Waals surface area contributed by atoms with Crippen LogP contribution in [0.15, 0.2) is 12.1 Å². The Balaban J connectivity index is 1.76. The number of fused-ring (bicyclic) bond motifs is 1. The first-order valence-electron chi connectivity index (χ1n) is 7.70. The topological polar surface area (TPSA) is 59.0 Å². The fourth-order valence-electron chi connectivity index (χ4n) is 2.79. The number of nitrogens with one attached hydrogen (secondary N) is 2. The summed E-state index contributed by atoms with van der Waals surface area (Å²) < 4.78 is 1.86. The minimum absolute atomic E-state index is 0.0561. The van der Waals surface area contributed by atoms with Gasteiger partial charge in [0.25, 0.3) is 5.91 Å². The van der Waals surface area contributed by atoms with Crippen LogP contribution in [0.4, 0.5) is 5.82 Å². The van der Waals surface area contributed by atoms with E-state index < -0.39 is 0 Å². The first-order chi connectivity index (χ1) is 10.5. The maximum atomic E-state index is 12.4. The molecule has 0 saturated carbocycles. The molecule has 3 rings (SSSR count). The molecule has 0 fully saturated rings. The number of rotatable bonds is 4. The number of hydrogen-bond acceptors (Lipinski definition) is 4. The quantitative estimate of drug-likeness (QED) is 0.911. The summed E-state index contributed by atoms with van der Waals surface area (Å²) in [6.07, 6.45) is 1.92. The molecule has 0 radical (unpaired) electrons. The standard InChI is InChI=1S/C16H22N4OS/c1-10(2)8-11-4-5-14(22-11)16(21)18-15-12-6-7-17-9-13(12)20(3)19-15/h4-5,10,17H,6-9H2,1-3H3,(H,18,19,21). The second-order valence-corrected chi connectivity index (χ2v) is 7.31. The van der Waals surface area contributed by atoms with Gasteiger partial charge in [-0.05, 0) is 37.4 Å². The van der Waals surface area contributed by atoms with E-state index >= 15 is 0 Å². The number of aromatic nitrogens is 2. The van der Waals surface area contributed by atoms with Crippen molar-refractivity contribution in [3.8, 4) is 0 Å². The average Bonchev–Trinajstić information content (AvgIpc) is 3.05. The van der Waals surface area contributed by atoms with Gasteiger partial charge in [0.1, 0.15) is 0 Å². The number of carbonyl (C=O) groups excluding carboxylic acids is 1. The highest BCUT2D eigenvalue weighted by Gasteiger charge is 2.21. The summed E-state index contributed by atoms with van der Waals surface area (Å²) in [5.74, 6) is 1.26. The Hall–Kier alpha value is -1.66. The highest BCUT2D eigenvalue weighted by atomic mass is 32.1. The van der Waals surface area contributed by atoms with E-state index in [-0.39, 0.29) is 5.91 Å². The van der Waals surface area contributed by atoms with E-state index in [1.807, 2.05) is 17.8 Å². The highest BCUT2D eigenvalue weighted by molar-refractivity contribution is 7.14. The summed E-state index contributed by atoms with van der Waals surface area (Å²) in [5, 5.41) is 10.8. The van der Waals surface area contributed by atoms with Crippen LogP contribution in [0, 0.1) is 5.92 Å². The molecule has 0 aromatic carbocycles. The van der Waals surface area contributed by atoms with Gasteiger partial charge in [-0.3, -0.25) is 9.48 Å². The molecule has 0 spiro atoms. The number of hydrogen-bond donors (Lipinski definition) is 2. The van der Waals surface area contributed by atoms with Crippen LogP contribution in [0.1, 0.15) is 39.7 Å². The fraction of sp³-hybridized carbons (Fsp3) is 0.500. The van der Waals surface area contributed by atoms with E-state index in [1.54, 1.807) is 11.3 Å². The third-order valence-electron chi connectivity index (χ3n) is 3.85. The summed E-state index contributed by atoms with van der Waals surface area (Å²) >= 11 is 1.57. The molecule has 5 nitrogen and oxygen atoms in total. The Kier molecular flexibility index (Phi) is 4.31. The zero-order chi connectivity index (χ0) is 15.7. The first kappa shape index (κ1) is 15.2. The van der Waals surface area contributed by atoms with E-state index in [1.165, 1.54) is 4.88 Å². The third-order valence-corrected chi connectivity index (χ3v) is 4.95. The average molecular weight is 318 g/mol. The van der Waals surface area contributed by atoms with Crippen molar-refractivity contribution in [3.05, 3.63) is 33.1 Å². The lowest BCUT2D eigenvalue weighted by molar-refractivity contribution is 0.103. The third kappa shape index (κ3) is 3.08. The lowest BCUT2D eigenvalue weighted by Crippen LogP contribution is -2.25. The predicted octanol–water partition coefficient (Wildman–Crippen LogP) is 2.58. The van der Waals surface area contributed by atoms with Gasteiger partial charge in [-0.1, -0.05) is 13.8 Å². The zero-order valence-corrected chi connectivity index (χ0v) is 14.1. The second-order valence-electron chi connectivity index (χ2n) is 6.14. The molecule has 1 aliphatic rings. The van der Waals surface area contributed by atoms with Crippen molar-refractivity contribution in [2.75, 3.05) is 11.9 Å². The van der Waals surface area contributed by atoms with Gasteiger partial charge in [-0.25, -0.2) is 0 Å². The summed E-state index contributed by atoms with van der Waals surface area (Å²) in [7, 11) is 1.92. The summed E-state index contributed by atoms with van der Waals surface area (Å²) in [5.41, 5.74) is 2.32. The maximum Gasteiger partial charge on any atom is 0.266 e. The van der Waals surface area contributed by atoms with Gasteiger partial charge in [0.2, 0.25) is 0 Å². The molecule has 2 N–H and O–H groups in total. The van der Waals surface area contributed by atoms with E-state index in [9.17, 15) is 4.79 Å². The normalized spacial score (nSPS) is 14.2. The van der Waals surface area contributed by atoms with Crippen molar-refractivity contribution < 1.29 is 4.79 Å². The predicted molar refractivity (Wildman–Crippen MR) is 89.4 cm³/mol. The van der Waals surface area contributed by atoms with Gasteiger partial charge in [-0.2, -0.15) is 5.10 Å². The van der Waals surface area contributed by atoms with Crippen molar-refractivity contribution in [1.29, 1.82) is 0 Å². The molecule has 118 valence electrons. The van der Waals surface area contributed by atoms with Crippen molar-refractivity contribution in [2.45, 2.75) is 33.2 Å². The number of nitrogens with zero attached hydrogens (tertiary/aromatic N) is 2. The highest BCUT2D eigenvalue weighted by Crippen LogP contribution is 2.24. The molecular formula is C16H22N4OS. The lowest BCUT2D eigenvalue weighted by Gasteiger charge is -2.14. The smallest absolute Gasteiger partial charge is 0.266 e. The van der Waals surface area contributed by atoms with E-state index in [4.69, 9.17) is 0 Å². The van der Waals surface area contributed by atoms with Gasteiger partial charge >= 0.3 is 0 Å². The number of aryl methyl sites for hydroxylation is 1. The maximum absolute atomic E-state index is 12.4. The minimum Gasteiger partial charge on any atom is -0.311 e. The molecule has 0 bridgehead atoms. The molecule has 22 heavy (non-hydrogen) atoms. The Labute approximate surface area is 134 Å². The summed E-state index contributed by atoms with van der Waals surface area (Å²) in [4.78, 5) is 14.5. The van der Waals surface area contributed by atoms with Crippen LogP contribution >= 0.6 is 11.3 Å². The molecule has 3 heterocycles. The second kappa shape index (κ2) is 6.22. The van der Waals surface area contributed by atoms with Crippen molar-refractivity contribution >= 4 is 23.1 Å². The molecule has 1 amide bonds. The number of carbonyl (C=O) groups is 1. The Morgan fingerprint density at radius 2 is 2.32 bits per heavy atom. The molecule has 0 atom stereocenters. The number of anilines is 1. The van der Waals surface area contributed by atoms with Crippen LogP contribution < -0.4 is 10.6 Å². The van der Waals surface area contributed by atoms with Crippen molar-refractivity contribution in [3.63, 3.8) is 0 Å². The molecule has 1 aliphatic heterocycles. The summed E-state index contributed by atoms with van der Waals surface area (Å²) in [6.45, 7) is 6.12. The molecule has 0 saturated heterocycles. The minimum atomic E-state index is -0.0561. The lowest BCUT2D eigenvalue weighted by atomic mass is 10.1. The van der Waals surface area contributed by atoms with E-state index in [2.05, 4.69) is 35.6 Å². The zero-order valence-electron chi connectivity index (χ0n) is 13.3. The Morgan fingerprint density at radius 3 is 3.09 bits per heavy atom. The van der Waals surface area contributed by atoms with Crippen molar-refractivity contribution in [2.24, 2.45) is 13.0 Å². The summed E-state index contributed by atoms with van der Waals surface area (Å²) in [6, 6.07) is 3.96. The van der Waals surface area contributed by atoms with Crippen LogP contribution in [-0.4, -0.2) is 22.2 Å². The molecule has 6 heteroatoms. The van der Waals surface area contributed by atoms with Crippen LogP contribution in [0.25, 0.3) is 0 Å². The Bertz CT molecular complexity index is 686. The molecule has 2 aromatic rings. The molecule has 0 unspecified atom stereocenters. The van der Waals surface area contributed by atoms with Gasteiger partial charge in [0.05, 0.1) is 10.6 Å². The van der Waals surface area contributed by atoms with Crippen LogP contribution in [0.3, 0.4) is 0 Å². The number of thiophene rings is 1. The van der Waals surface area contributed by atoms with Gasteiger partial charge < -0.3 is 10.6 Å². The number of amides is 1. The van der Waals surface area contributed by atoms with E-state index in [0.29, 0.717) is 11.7 Å². The van der Waals surface area contributed by atoms with Gasteiger partial charge in [0, 0.05) is 24.0 Å². The van der Waals surface area contributed by atoms with Gasteiger partial charge in [-0.15, -0.1) is 11.3 Å². The molecular weight excluding hydrogens is 296 g/mol. The van der Waals surface area contributed by atoms with E-state index in [0.717, 1.165) is 42.1 Å². The fourth-order valence-corrected chi connectivity index (χ4v) is 3.90.